The number of rotatable bonds is 1. The van der Waals surface area contributed by atoms with Crippen LogP contribution >= 0.6 is 15.9 Å². The first-order chi connectivity index (χ1) is 7.49. The average Bonchev–Trinajstić information content (AvgIpc) is 2.53. The molecule has 84 valence electrons. The van der Waals surface area contributed by atoms with Gasteiger partial charge in [0.05, 0.1) is 0 Å². The maximum atomic E-state index is 11.5. The first-order valence-corrected chi connectivity index (χ1v) is 5.66. The van der Waals surface area contributed by atoms with Crippen LogP contribution in [0.25, 0.3) is 0 Å². The molecule has 1 N–H and O–H groups in total. The van der Waals surface area contributed by atoms with Crippen LogP contribution in [0.5, 0.6) is 0 Å². The molecule has 16 heavy (non-hydrogen) atoms. The third-order valence-corrected chi connectivity index (χ3v) is 3.78. The maximum absolute atomic E-state index is 11.5. The Bertz CT molecular complexity index is 462. The van der Waals surface area contributed by atoms with Crippen molar-refractivity contribution >= 4 is 33.6 Å². The molecule has 0 aromatic heterocycles. The molecular weight excluding hydrogens is 272 g/mol. The van der Waals surface area contributed by atoms with Gasteiger partial charge < -0.3 is 0 Å². The molecule has 1 aliphatic heterocycles. The lowest BCUT2D eigenvalue weighted by Gasteiger charge is -2.15. The zero-order valence-corrected chi connectivity index (χ0v) is 10.6. The zero-order valence-electron chi connectivity index (χ0n) is 9.00. The summed E-state index contributed by atoms with van der Waals surface area (Å²) >= 11 is 3.46. The Kier molecular flexibility index (Phi) is 2.71. The van der Waals surface area contributed by atoms with Crippen LogP contribution in [0.3, 0.4) is 0 Å². The molecule has 1 aromatic carbocycles. The van der Waals surface area contributed by atoms with Gasteiger partial charge >= 0.3 is 6.03 Å². The van der Waals surface area contributed by atoms with Crippen molar-refractivity contribution in [1.82, 2.24) is 5.32 Å². The van der Waals surface area contributed by atoms with E-state index in [1.165, 1.54) is 4.90 Å². The van der Waals surface area contributed by atoms with Crippen molar-refractivity contribution < 1.29 is 9.59 Å². The molecule has 3 amide bonds. The minimum absolute atomic E-state index is 0.0966. The molecular formula is C11H11BrN2O2. The summed E-state index contributed by atoms with van der Waals surface area (Å²) in [4.78, 5) is 24.0. The second kappa shape index (κ2) is 3.90. The molecule has 4 nitrogen and oxygen atoms in total. The van der Waals surface area contributed by atoms with Crippen molar-refractivity contribution in [2.75, 3.05) is 11.4 Å². The van der Waals surface area contributed by atoms with Crippen LogP contribution in [0.4, 0.5) is 10.5 Å². The van der Waals surface area contributed by atoms with Gasteiger partial charge in [0.1, 0.15) is 6.54 Å². The Morgan fingerprint density at radius 1 is 1.25 bits per heavy atom. The quantitative estimate of drug-likeness (QED) is 0.803. The Hall–Kier alpha value is -1.36. The number of imide groups is 1. The summed E-state index contributed by atoms with van der Waals surface area (Å²) in [5.41, 5.74) is 2.84. The van der Waals surface area contributed by atoms with Gasteiger partial charge in [-0.15, -0.1) is 0 Å². The smallest absolute Gasteiger partial charge is 0.285 e. The molecule has 0 aliphatic carbocycles. The molecule has 1 heterocycles. The van der Waals surface area contributed by atoms with E-state index in [-0.39, 0.29) is 18.5 Å². The number of aryl methyl sites for hydroxylation is 2. The number of hydrogen-bond donors (Lipinski definition) is 1. The van der Waals surface area contributed by atoms with E-state index in [2.05, 4.69) is 21.2 Å². The van der Waals surface area contributed by atoms with Gasteiger partial charge in [0.2, 0.25) is 5.91 Å². The summed E-state index contributed by atoms with van der Waals surface area (Å²) in [6.45, 7) is 4.01. The van der Waals surface area contributed by atoms with Gasteiger partial charge in [-0.3, -0.25) is 15.0 Å². The van der Waals surface area contributed by atoms with E-state index in [0.717, 1.165) is 21.3 Å². The SMILES string of the molecule is Cc1cc(N2CC(=O)NC2=O)cc(C)c1Br. The minimum atomic E-state index is -0.355. The molecule has 0 saturated carbocycles. The van der Waals surface area contributed by atoms with Gasteiger partial charge in [-0.25, -0.2) is 4.79 Å². The van der Waals surface area contributed by atoms with Crippen molar-refractivity contribution in [2.24, 2.45) is 0 Å². The molecule has 0 spiro atoms. The van der Waals surface area contributed by atoms with Crippen molar-refractivity contribution in [3.8, 4) is 0 Å². The van der Waals surface area contributed by atoms with E-state index in [4.69, 9.17) is 0 Å². The standard InChI is InChI=1S/C11H11BrN2O2/c1-6-3-8(4-7(2)10(6)12)14-5-9(15)13-11(14)16/h3-4H,5H2,1-2H3,(H,13,15,16). The van der Waals surface area contributed by atoms with E-state index in [1.807, 2.05) is 26.0 Å². The molecule has 0 bridgehead atoms. The summed E-state index contributed by atoms with van der Waals surface area (Å²) in [6, 6.07) is 3.41. The Balaban J connectivity index is 2.42. The lowest BCUT2D eigenvalue weighted by Crippen LogP contribution is -2.27. The fourth-order valence-electron chi connectivity index (χ4n) is 1.73. The molecule has 0 atom stereocenters. The highest BCUT2D eigenvalue weighted by atomic mass is 79.9. The normalized spacial score (nSPS) is 15.6. The van der Waals surface area contributed by atoms with E-state index in [1.54, 1.807) is 0 Å². The van der Waals surface area contributed by atoms with Crippen molar-refractivity contribution in [2.45, 2.75) is 13.8 Å². The third kappa shape index (κ3) is 1.82. The highest BCUT2D eigenvalue weighted by molar-refractivity contribution is 9.10. The zero-order chi connectivity index (χ0) is 11.9. The molecule has 5 heteroatoms. The highest BCUT2D eigenvalue weighted by Crippen LogP contribution is 2.27. The number of urea groups is 1. The van der Waals surface area contributed by atoms with Gasteiger partial charge in [-0.05, 0) is 37.1 Å². The Morgan fingerprint density at radius 3 is 2.25 bits per heavy atom. The van der Waals surface area contributed by atoms with E-state index in [9.17, 15) is 9.59 Å². The number of halogens is 1. The second-order valence-corrected chi connectivity index (χ2v) is 4.63. The second-order valence-electron chi connectivity index (χ2n) is 3.83. The first kappa shape index (κ1) is 11.1. The molecule has 1 fully saturated rings. The first-order valence-electron chi connectivity index (χ1n) is 4.87. The van der Waals surface area contributed by atoms with Crippen LogP contribution in [0.1, 0.15) is 11.1 Å². The van der Waals surface area contributed by atoms with Gasteiger partial charge in [-0.1, -0.05) is 15.9 Å². The fraction of sp³-hybridized carbons (Fsp3) is 0.273. The summed E-state index contributed by atoms with van der Waals surface area (Å²) in [5, 5.41) is 2.26. The van der Waals surface area contributed by atoms with Gasteiger partial charge in [0.25, 0.3) is 0 Å². The van der Waals surface area contributed by atoms with Gasteiger partial charge in [0, 0.05) is 10.2 Å². The minimum Gasteiger partial charge on any atom is -0.285 e. The average molecular weight is 283 g/mol. The number of carbonyl (C=O) groups excluding carboxylic acids is 2. The van der Waals surface area contributed by atoms with Crippen LogP contribution in [0.2, 0.25) is 0 Å². The summed E-state index contributed by atoms with van der Waals surface area (Å²) < 4.78 is 1.03. The van der Waals surface area contributed by atoms with E-state index >= 15 is 0 Å². The van der Waals surface area contributed by atoms with Crippen molar-refractivity contribution in [3.63, 3.8) is 0 Å². The van der Waals surface area contributed by atoms with Crippen LogP contribution in [-0.4, -0.2) is 18.5 Å². The van der Waals surface area contributed by atoms with Crippen LogP contribution in [0, 0.1) is 13.8 Å². The lowest BCUT2D eigenvalue weighted by atomic mass is 10.1. The van der Waals surface area contributed by atoms with Gasteiger partial charge in [-0.2, -0.15) is 0 Å². The van der Waals surface area contributed by atoms with Crippen LogP contribution in [0.15, 0.2) is 16.6 Å². The number of nitrogens with zero attached hydrogens (tertiary/aromatic N) is 1. The monoisotopic (exact) mass is 282 g/mol. The lowest BCUT2D eigenvalue weighted by molar-refractivity contribution is -0.117. The maximum Gasteiger partial charge on any atom is 0.329 e. The fourth-order valence-corrected chi connectivity index (χ4v) is 1.96. The van der Waals surface area contributed by atoms with Crippen molar-refractivity contribution in [3.05, 3.63) is 27.7 Å². The third-order valence-electron chi connectivity index (χ3n) is 2.53. The molecule has 0 unspecified atom stereocenters. The summed E-state index contributed by atoms with van der Waals surface area (Å²) in [7, 11) is 0. The van der Waals surface area contributed by atoms with E-state index in [0.29, 0.717) is 0 Å². The van der Waals surface area contributed by atoms with Crippen LogP contribution in [-0.2, 0) is 4.79 Å². The van der Waals surface area contributed by atoms with Crippen LogP contribution < -0.4 is 10.2 Å². The largest absolute Gasteiger partial charge is 0.329 e. The highest BCUT2D eigenvalue weighted by Gasteiger charge is 2.28. The predicted molar refractivity (Wildman–Crippen MR) is 64.5 cm³/mol. The Labute approximate surface area is 102 Å². The van der Waals surface area contributed by atoms with E-state index < -0.39 is 0 Å². The predicted octanol–water partition coefficient (Wildman–Crippen LogP) is 2.12. The topological polar surface area (TPSA) is 49.4 Å². The Morgan fingerprint density at radius 2 is 1.81 bits per heavy atom. The number of anilines is 1. The molecule has 2 rings (SSSR count). The molecule has 1 aromatic rings. The molecule has 1 saturated heterocycles. The van der Waals surface area contributed by atoms with Crippen molar-refractivity contribution in [1.29, 1.82) is 0 Å². The number of amides is 3. The summed E-state index contributed by atoms with van der Waals surface area (Å²) in [6.07, 6.45) is 0. The number of carbonyl (C=O) groups is 2. The number of benzene rings is 1. The van der Waals surface area contributed by atoms with Gasteiger partial charge in [0.15, 0.2) is 0 Å². The molecule has 1 aliphatic rings. The summed E-state index contributed by atoms with van der Waals surface area (Å²) in [5.74, 6) is -0.261. The molecule has 0 radical (unpaired) electrons. The number of hydrogen-bond acceptors (Lipinski definition) is 2. The number of nitrogens with one attached hydrogen (secondary N) is 1.